The third-order valence-electron chi connectivity index (χ3n) is 11.3. The Morgan fingerprint density at radius 1 is 0.719 bits per heavy atom. The van der Waals surface area contributed by atoms with Crippen LogP contribution in [0.15, 0.2) is 83.0 Å². The van der Waals surface area contributed by atoms with Gasteiger partial charge in [-0.2, -0.15) is 20.3 Å². The summed E-state index contributed by atoms with van der Waals surface area (Å²) in [6, 6.07) is 29.6. The number of fused-ring (bicyclic) bond motifs is 2. The number of rotatable bonds is 10. The van der Waals surface area contributed by atoms with Crippen LogP contribution in [0.25, 0.3) is 25.6 Å². The predicted octanol–water partition coefficient (Wildman–Crippen LogP) is 14.9. The van der Waals surface area contributed by atoms with Crippen molar-refractivity contribution >= 4 is 82.8 Å². The number of thiazole rings is 2. The van der Waals surface area contributed by atoms with Crippen molar-refractivity contribution in [2.45, 2.75) is 100 Å². The number of anilines is 5. The average molecular weight is 882 g/mol. The molecule has 0 saturated carbocycles. The highest BCUT2D eigenvalue weighted by Crippen LogP contribution is 2.48. The van der Waals surface area contributed by atoms with Crippen LogP contribution in [0, 0.1) is 57.3 Å². The zero-order valence-electron chi connectivity index (χ0n) is 38.4. The molecule has 0 saturated heterocycles. The minimum Gasteiger partial charge on any atom is -0.338 e. The van der Waals surface area contributed by atoms with Crippen molar-refractivity contribution in [3.05, 3.63) is 129 Å². The maximum atomic E-state index is 11.3. The highest BCUT2D eigenvalue weighted by Gasteiger charge is 2.32. The highest BCUT2D eigenvalue weighted by molar-refractivity contribution is 7.22. The first kappa shape index (κ1) is 43.8. The van der Waals surface area contributed by atoms with Crippen LogP contribution in [0.4, 0.5) is 39.6 Å². The third-order valence-corrected chi connectivity index (χ3v) is 13.3. The molecule has 0 unspecified atom stereocenters. The standard InChI is InChI=1S/C51H51N11S2/c1-27(2)34-23-30(6)24-35(28(3)4)43(34)56-46-42(58-59-48-37(26-53)45(51(10,11)12)60-62(48)50-55-39-18-14-16-20-41(39)64-50)33(9)36(25-52)47(57-46)61(44-31(7)21-29(5)22-32(44)8)49-54-38-17-13-15-19-40(38)63-49/h13-24,27-28H,1-12H3,(H,56,57). The van der Waals surface area contributed by atoms with Gasteiger partial charge >= 0.3 is 0 Å². The van der Waals surface area contributed by atoms with Crippen molar-refractivity contribution in [3.8, 4) is 17.3 Å². The van der Waals surface area contributed by atoms with Gasteiger partial charge in [0.25, 0.3) is 0 Å². The highest BCUT2D eigenvalue weighted by atomic mass is 32.1. The molecular formula is C51H51N11S2. The SMILES string of the molecule is Cc1cc(C)c(N(c2nc3ccccc3s2)c2nc(Nc3c(C(C)C)cc(C)cc3C(C)C)c(N=Nc3c(C#N)c(C(C)(C)C)nn3-c3nc4ccccc4s3)c(C)c2C#N)c(C)c1. The average Bonchev–Trinajstić information content (AvgIpc) is 3.97. The molecular weight excluding hydrogens is 831 g/mol. The minimum atomic E-state index is -0.501. The van der Waals surface area contributed by atoms with E-state index < -0.39 is 5.41 Å². The van der Waals surface area contributed by atoms with E-state index in [-0.39, 0.29) is 17.7 Å². The molecule has 8 aromatic rings. The molecule has 0 aliphatic carbocycles. The third kappa shape index (κ3) is 8.02. The first-order valence-corrected chi connectivity index (χ1v) is 23.0. The molecule has 0 fully saturated rings. The molecule has 13 heteroatoms. The van der Waals surface area contributed by atoms with Crippen molar-refractivity contribution in [1.29, 1.82) is 10.5 Å². The Balaban J connectivity index is 1.44. The number of nitriles is 2. The molecule has 0 amide bonds. The molecule has 0 radical (unpaired) electrons. The van der Waals surface area contributed by atoms with Gasteiger partial charge in [-0.3, -0.25) is 4.90 Å². The fraction of sp³-hybridized carbons (Fsp3) is 0.294. The summed E-state index contributed by atoms with van der Waals surface area (Å²) >= 11 is 3.00. The van der Waals surface area contributed by atoms with Crippen LogP contribution in [-0.4, -0.2) is 24.7 Å². The molecule has 8 rings (SSSR count). The van der Waals surface area contributed by atoms with E-state index in [1.54, 1.807) is 16.0 Å². The van der Waals surface area contributed by atoms with Gasteiger partial charge < -0.3 is 5.32 Å². The number of hydrogen-bond donors (Lipinski definition) is 1. The van der Waals surface area contributed by atoms with E-state index in [9.17, 15) is 10.5 Å². The van der Waals surface area contributed by atoms with Crippen LogP contribution in [0.2, 0.25) is 0 Å². The molecule has 0 spiro atoms. The van der Waals surface area contributed by atoms with Crippen molar-refractivity contribution in [2.75, 3.05) is 10.2 Å². The molecule has 0 aliphatic rings. The van der Waals surface area contributed by atoms with Crippen LogP contribution >= 0.6 is 22.7 Å². The van der Waals surface area contributed by atoms with E-state index in [4.69, 9.17) is 30.3 Å². The molecule has 1 N–H and O–H groups in total. The number of benzene rings is 4. The van der Waals surface area contributed by atoms with E-state index in [0.29, 0.717) is 50.0 Å². The second kappa shape index (κ2) is 17.1. The lowest BCUT2D eigenvalue weighted by molar-refractivity contribution is 0.559. The van der Waals surface area contributed by atoms with Crippen LogP contribution in [-0.2, 0) is 5.41 Å². The zero-order valence-corrected chi connectivity index (χ0v) is 40.0. The number of azo groups is 1. The van der Waals surface area contributed by atoms with Gasteiger partial charge in [0.05, 0.1) is 31.8 Å². The molecule has 322 valence electrons. The van der Waals surface area contributed by atoms with Gasteiger partial charge in [-0.15, -0.1) is 10.2 Å². The number of para-hydroxylation sites is 2. The molecule has 4 aromatic heterocycles. The number of nitrogens with zero attached hydrogens (tertiary/aromatic N) is 10. The number of pyridine rings is 1. The lowest BCUT2D eigenvalue weighted by Gasteiger charge is -2.28. The maximum Gasteiger partial charge on any atom is 0.213 e. The Bertz CT molecular complexity index is 3120. The fourth-order valence-electron chi connectivity index (χ4n) is 8.28. The Morgan fingerprint density at radius 3 is 1.83 bits per heavy atom. The summed E-state index contributed by atoms with van der Waals surface area (Å²) in [7, 11) is 0. The van der Waals surface area contributed by atoms with Gasteiger partial charge in [0.2, 0.25) is 5.13 Å². The van der Waals surface area contributed by atoms with Gasteiger partial charge in [-0.25, -0.2) is 15.0 Å². The molecule has 0 bridgehead atoms. The molecule has 4 heterocycles. The normalized spacial score (nSPS) is 11.9. The quantitative estimate of drug-likeness (QED) is 0.134. The molecule has 11 nitrogen and oxygen atoms in total. The second-order valence-electron chi connectivity index (χ2n) is 18.0. The predicted molar refractivity (Wildman–Crippen MR) is 263 cm³/mol. The molecule has 4 aromatic carbocycles. The number of hydrogen-bond acceptors (Lipinski definition) is 12. The summed E-state index contributed by atoms with van der Waals surface area (Å²) in [6.45, 7) is 25.0. The second-order valence-corrected chi connectivity index (χ2v) is 20.0. The monoisotopic (exact) mass is 881 g/mol. The Hall–Kier alpha value is -6.80. The Morgan fingerprint density at radius 2 is 1.28 bits per heavy atom. The Labute approximate surface area is 382 Å². The van der Waals surface area contributed by atoms with Crippen LogP contribution in [0.3, 0.4) is 0 Å². The largest absolute Gasteiger partial charge is 0.338 e. The van der Waals surface area contributed by atoms with E-state index in [0.717, 1.165) is 65.2 Å². The van der Waals surface area contributed by atoms with Crippen LogP contribution in [0.1, 0.15) is 116 Å². The number of aryl methyl sites for hydroxylation is 4. The van der Waals surface area contributed by atoms with Crippen molar-refractivity contribution in [2.24, 2.45) is 10.2 Å². The lowest BCUT2D eigenvalue weighted by atomic mass is 9.90. The first-order chi connectivity index (χ1) is 30.5. The van der Waals surface area contributed by atoms with Gasteiger partial charge in [-0.05, 0) is 93.0 Å². The maximum absolute atomic E-state index is 11.3. The number of aromatic nitrogens is 5. The summed E-state index contributed by atoms with van der Waals surface area (Å²) in [5.41, 5.74) is 11.6. The van der Waals surface area contributed by atoms with Gasteiger partial charge in [0.1, 0.15) is 29.0 Å². The Kier molecular flexibility index (Phi) is 11.7. The van der Waals surface area contributed by atoms with Crippen molar-refractivity contribution < 1.29 is 0 Å². The van der Waals surface area contributed by atoms with E-state index in [1.807, 2.05) is 75.1 Å². The van der Waals surface area contributed by atoms with E-state index in [1.165, 1.54) is 11.3 Å². The zero-order chi connectivity index (χ0) is 45.8. The van der Waals surface area contributed by atoms with Crippen LogP contribution in [0.5, 0.6) is 0 Å². The topological polar surface area (TPSA) is 144 Å². The minimum absolute atomic E-state index is 0.165. The summed E-state index contributed by atoms with van der Waals surface area (Å²) < 4.78 is 3.61. The fourth-order valence-corrected chi connectivity index (χ4v) is 10.2. The first-order valence-electron chi connectivity index (χ1n) is 21.4. The van der Waals surface area contributed by atoms with E-state index in [2.05, 4.69) is 103 Å². The lowest BCUT2D eigenvalue weighted by Crippen LogP contribution is -2.17. The smallest absolute Gasteiger partial charge is 0.213 e. The van der Waals surface area contributed by atoms with Gasteiger partial charge in [0, 0.05) is 16.7 Å². The van der Waals surface area contributed by atoms with Gasteiger partial charge in [0.15, 0.2) is 22.6 Å². The summed E-state index contributed by atoms with van der Waals surface area (Å²) in [4.78, 5) is 17.6. The van der Waals surface area contributed by atoms with Crippen molar-refractivity contribution in [3.63, 3.8) is 0 Å². The molecule has 0 aliphatic heterocycles. The van der Waals surface area contributed by atoms with Crippen molar-refractivity contribution in [1.82, 2.24) is 24.7 Å². The van der Waals surface area contributed by atoms with E-state index >= 15 is 0 Å². The van der Waals surface area contributed by atoms with Gasteiger partial charge in [-0.1, -0.05) is 131 Å². The molecule has 0 atom stereocenters. The van der Waals surface area contributed by atoms with Crippen LogP contribution < -0.4 is 10.2 Å². The molecule has 64 heavy (non-hydrogen) atoms. The summed E-state index contributed by atoms with van der Waals surface area (Å²) in [6.07, 6.45) is 0. The number of nitrogens with one attached hydrogen (secondary N) is 1. The summed E-state index contributed by atoms with van der Waals surface area (Å²) in [5, 5.41) is 42.0. The summed E-state index contributed by atoms with van der Waals surface area (Å²) in [5.74, 6) is 1.38.